The van der Waals surface area contributed by atoms with Crippen molar-refractivity contribution in [2.75, 3.05) is 6.61 Å². The molecular formula is C26H16O14. The van der Waals surface area contributed by atoms with Crippen LogP contribution in [0.15, 0.2) is 103 Å². The lowest BCUT2D eigenvalue weighted by molar-refractivity contribution is -0.148. The molecule has 0 aromatic carbocycles. The van der Waals surface area contributed by atoms with Crippen LogP contribution >= 0.6 is 0 Å². The van der Waals surface area contributed by atoms with Crippen LogP contribution in [-0.4, -0.2) is 48.7 Å². The van der Waals surface area contributed by atoms with Crippen molar-refractivity contribution in [1.29, 1.82) is 0 Å². The van der Waals surface area contributed by atoms with Gasteiger partial charge in [-0.25, -0.2) is 24.0 Å². The van der Waals surface area contributed by atoms with Gasteiger partial charge in [-0.1, -0.05) is 0 Å². The van der Waals surface area contributed by atoms with Crippen molar-refractivity contribution < 1.29 is 65.3 Å². The van der Waals surface area contributed by atoms with Crippen LogP contribution in [0.4, 0.5) is 0 Å². The Labute approximate surface area is 222 Å². The van der Waals surface area contributed by atoms with Crippen molar-refractivity contribution in [2.45, 2.75) is 12.2 Å². The van der Waals surface area contributed by atoms with E-state index in [-0.39, 0.29) is 23.0 Å². The van der Waals surface area contributed by atoms with Gasteiger partial charge in [0.1, 0.15) is 6.61 Å². The van der Waals surface area contributed by atoms with E-state index in [9.17, 15) is 24.0 Å². The topological polar surface area (TPSA) is 184 Å². The summed E-state index contributed by atoms with van der Waals surface area (Å²) in [5.74, 6) is -7.99. The SMILES string of the molecule is O=C1O[C@H]([C@H](COC(=O)c2ccco2)OC(=O)c2ccco2)C(OC(=O)c2ccco2)=C1OC(=O)c1ccco1. The summed E-state index contributed by atoms with van der Waals surface area (Å²) < 4.78 is 46.3. The zero-order valence-electron chi connectivity index (χ0n) is 20.0. The van der Waals surface area contributed by atoms with Crippen molar-refractivity contribution in [3.63, 3.8) is 0 Å². The van der Waals surface area contributed by atoms with E-state index in [2.05, 4.69) is 0 Å². The summed E-state index contributed by atoms with van der Waals surface area (Å²) in [4.78, 5) is 63.2. The third-order valence-corrected chi connectivity index (χ3v) is 5.16. The number of rotatable bonds is 10. The Morgan fingerprint density at radius 2 is 1.15 bits per heavy atom. The highest BCUT2D eigenvalue weighted by Crippen LogP contribution is 2.31. The number of ether oxygens (including phenoxy) is 5. The van der Waals surface area contributed by atoms with Gasteiger partial charge >= 0.3 is 29.8 Å². The molecular weight excluding hydrogens is 536 g/mol. The molecule has 4 aromatic rings. The largest absolute Gasteiger partial charge is 0.457 e. The Morgan fingerprint density at radius 3 is 1.65 bits per heavy atom. The molecule has 1 aliphatic rings. The summed E-state index contributed by atoms with van der Waals surface area (Å²) in [6, 6.07) is 10.8. The lowest BCUT2D eigenvalue weighted by Crippen LogP contribution is -2.38. The molecule has 14 nitrogen and oxygen atoms in total. The van der Waals surface area contributed by atoms with Crippen LogP contribution in [0.1, 0.15) is 42.2 Å². The maximum atomic E-state index is 12.8. The fourth-order valence-electron chi connectivity index (χ4n) is 3.37. The number of carbonyl (C=O) groups is 5. The summed E-state index contributed by atoms with van der Waals surface area (Å²) in [5.41, 5.74) is 0. The molecule has 0 saturated heterocycles. The van der Waals surface area contributed by atoms with Gasteiger partial charge in [-0.05, 0) is 48.5 Å². The number of hydrogen-bond donors (Lipinski definition) is 0. The minimum atomic E-state index is -1.74. The third-order valence-electron chi connectivity index (χ3n) is 5.16. The van der Waals surface area contributed by atoms with E-state index in [4.69, 9.17) is 41.4 Å². The highest BCUT2D eigenvalue weighted by molar-refractivity contribution is 5.97. The normalized spacial score (nSPS) is 15.3. The first-order valence-corrected chi connectivity index (χ1v) is 11.3. The second-order valence-electron chi connectivity index (χ2n) is 7.75. The van der Waals surface area contributed by atoms with Gasteiger partial charge in [0.2, 0.25) is 34.9 Å². The highest BCUT2D eigenvalue weighted by Gasteiger charge is 2.47. The molecule has 5 heterocycles. The van der Waals surface area contributed by atoms with Crippen molar-refractivity contribution in [3.05, 3.63) is 108 Å². The monoisotopic (exact) mass is 552 g/mol. The van der Waals surface area contributed by atoms with Crippen molar-refractivity contribution in [3.8, 4) is 0 Å². The minimum Gasteiger partial charge on any atom is -0.457 e. The summed E-state index contributed by atoms with van der Waals surface area (Å²) in [6.45, 7) is -0.731. The van der Waals surface area contributed by atoms with Crippen LogP contribution in [0, 0.1) is 0 Å². The third kappa shape index (κ3) is 5.55. The fraction of sp³-hybridized carbons (Fsp3) is 0.115. The number of hydrogen-bond acceptors (Lipinski definition) is 14. The maximum Gasteiger partial charge on any atom is 0.379 e. The molecule has 0 fully saturated rings. The van der Waals surface area contributed by atoms with E-state index in [0.29, 0.717) is 0 Å². The van der Waals surface area contributed by atoms with Crippen LogP contribution in [-0.2, 0) is 28.5 Å². The molecule has 0 bridgehead atoms. The zero-order chi connectivity index (χ0) is 28.1. The van der Waals surface area contributed by atoms with Gasteiger partial charge in [0.05, 0.1) is 25.1 Å². The van der Waals surface area contributed by atoms with Gasteiger partial charge in [-0.15, -0.1) is 0 Å². The molecule has 0 spiro atoms. The van der Waals surface area contributed by atoms with Crippen LogP contribution in [0.2, 0.25) is 0 Å². The second kappa shape index (κ2) is 11.3. The first-order valence-electron chi connectivity index (χ1n) is 11.3. The average Bonchev–Trinajstić information content (AvgIpc) is 3.79. The molecule has 14 heteroatoms. The van der Waals surface area contributed by atoms with E-state index < -0.39 is 60.2 Å². The number of esters is 5. The highest BCUT2D eigenvalue weighted by atomic mass is 16.7. The lowest BCUT2D eigenvalue weighted by atomic mass is 10.1. The van der Waals surface area contributed by atoms with Gasteiger partial charge in [-0.3, -0.25) is 0 Å². The molecule has 5 rings (SSSR count). The minimum absolute atomic E-state index is 0.174. The molecule has 0 N–H and O–H groups in total. The van der Waals surface area contributed by atoms with Crippen molar-refractivity contribution in [2.24, 2.45) is 0 Å². The van der Waals surface area contributed by atoms with Gasteiger partial charge < -0.3 is 41.4 Å². The van der Waals surface area contributed by atoms with Crippen LogP contribution < -0.4 is 0 Å². The van der Waals surface area contributed by atoms with E-state index in [0.717, 1.165) is 0 Å². The van der Waals surface area contributed by atoms with Crippen LogP contribution in [0.25, 0.3) is 0 Å². The smallest absolute Gasteiger partial charge is 0.379 e. The number of furan rings is 4. The molecule has 0 saturated carbocycles. The fourth-order valence-corrected chi connectivity index (χ4v) is 3.37. The summed E-state index contributed by atoms with van der Waals surface area (Å²) in [7, 11) is 0. The Morgan fingerprint density at radius 1 is 0.675 bits per heavy atom. The molecule has 204 valence electrons. The molecule has 4 aromatic heterocycles. The Balaban J connectivity index is 1.47. The molecule has 0 aliphatic carbocycles. The van der Waals surface area contributed by atoms with E-state index >= 15 is 0 Å². The van der Waals surface area contributed by atoms with Gasteiger partial charge in [0.25, 0.3) is 5.76 Å². The predicted octanol–water partition coefficient (Wildman–Crippen LogP) is 3.29. The average molecular weight is 552 g/mol. The summed E-state index contributed by atoms with van der Waals surface area (Å²) in [6.07, 6.45) is 1.45. The number of cyclic esters (lactones) is 1. The van der Waals surface area contributed by atoms with Crippen molar-refractivity contribution in [1.82, 2.24) is 0 Å². The van der Waals surface area contributed by atoms with E-state index in [1.54, 1.807) is 0 Å². The van der Waals surface area contributed by atoms with Crippen molar-refractivity contribution >= 4 is 29.8 Å². The Hall–Kier alpha value is -5.79. The standard InChI is InChI=1S/C26H16O14/c27-22(14-5-1-9-32-14)36-13-18(37-23(28)15-6-2-10-33-15)19-20(39-24(29)16-7-3-11-34-16)21(26(31)38-19)40-25(30)17-8-4-12-35-17/h1-12,18-19H,13H2/t18-,19+/m0/s1. The van der Waals surface area contributed by atoms with Gasteiger partial charge in [0.15, 0.2) is 6.10 Å². The van der Waals surface area contributed by atoms with Gasteiger partial charge in [-0.2, -0.15) is 0 Å². The molecule has 0 amide bonds. The number of carbonyl (C=O) groups excluding carboxylic acids is 5. The van der Waals surface area contributed by atoms with Gasteiger partial charge in [0, 0.05) is 0 Å². The predicted molar refractivity (Wildman–Crippen MR) is 122 cm³/mol. The van der Waals surface area contributed by atoms with E-state index in [1.165, 1.54) is 73.6 Å². The van der Waals surface area contributed by atoms with Crippen LogP contribution in [0.5, 0.6) is 0 Å². The second-order valence-corrected chi connectivity index (χ2v) is 7.75. The van der Waals surface area contributed by atoms with Crippen LogP contribution in [0.3, 0.4) is 0 Å². The molecule has 40 heavy (non-hydrogen) atoms. The molecule has 0 unspecified atom stereocenters. The first-order chi connectivity index (χ1) is 19.4. The Bertz CT molecular complexity index is 1520. The van der Waals surface area contributed by atoms with E-state index in [1.807, 2.05) is 0 Å². The lowest BCUT2D eigenvalue weighted by Gasteiger charge is -2.23. The Kier molecular flexibility index (Phi) is 7.30. The first kappa shape index (κ1) is 25.8. The molecule has 2 atom stereocenters. The zero-order valence-corrected chi connectivity index (χ0v) is 20.0. The summed E-state index contributed by atoms with van der Waals surface area (Å²) >= 11 is 0. The summed E-state index contributed by atoms with van der Waals surface area (Å²) in [5, 5.41) is 0. The molecule has 0 radical (unpaired) electrons. The molecule has 1 aliphatic heterocycles. The maximum absolute atomic E-state index is 12.8. The quantitative estimate of drug-likeness (QED) is 0.206.